The van der Waals surface area contributed by atoms with Crippen molar-refractivity contribution < 1.29 is 27.8 Å². The van der Waals surface area contributed by atoms with Gasteiger partial charge in [-0.1, -0.05) is 6.07 Å². The van der Waals surface area contributed by atoms with E-state index in [1.807, 2.05) is 18.2 Å². The summed E-state index contributed by atoms with van der Waals surface area (Å²) in [6.45, 7) is 0.368. The van der Waals surface area contributed by atoms with E-state index < -0.39 is 21.2 Å². The molecule has 2 aliphatic rings. The molecule has 2 aromatic heterocycles. The van der Waals surface area contributed by atoms with Crippen molar-refractivity contribution in [3.8, 4) is 16.3 Å². The molecule has 0 radical (unpaired) electrons. The van der Waals surface area contributed by atoms with E-state index in [9.17, 15) is 13.2 Å². The highest BCUT2D eigenvalue weighted by Gasteiger charge is 2.36. The summed E-state index contributed by atoms with van der Waals surface area (Å²) in [4.78, 5) is 20.8. The number of anilines is 2. The van der Waals surface area contributed by atoms with Crippen molar-refractivity contribution >= 4 is 38.6 Å². The Labute approximate surface area is 219 Å². The largest absolute Gasteiger partial charge is 0.481 e. The number of ether oxygens (including phenoxy) is 2. The number of nitrogens with one attached hydrogen (secondary N) is 2. The van der Waals surface area contributed by atoms with E-state index in [0.29, 0.717) is 22.8 Å². The lowest BCUT2D eigenvalue weighted by molar-refractivity contribution is 0.0416. The summed E-state index contributed by atoms with van der Waals surface area (Å²) >= 11 is 1.50. The molecule has 3 N–H and O–H groups in total. The molecule has 12 heteroatoms. The first-order valence-corrected chi connectivity index (χ1v) is 14.4. The number of sulfone groups is 1. The third-order valence-electron chi connectivity index (χ3n) is 6.76. The summed E-state index contributed by atoms with van der Waals surface area (Å²) in [5.74, 6) is 0.718. The Kier molecular flexibility index (Phi) is 7.31. The lowest BCUT2D eigenvalue weighted by Gasteiger charge is -2.27. The Morgan fingerprint density at radius 3 is 2.46 bits per heavy atom. The average Bonchev–Trinajstić information content (AvgIpc) is 3.33. The number of aromatic nitrogens is 2. The van der Waals surface area contributed by atoms with Crippen LogP contribution in [0.2, 0.25) is 0 Å². The monoisotopic (exact) mass is 544 g/mol. The van der Waals surface area contributed by atoms with Gasteiger partial charge in [-0.3, -0.25) is 0 Å². The van der Waals surface area contributed by atoms with Gasteiger partial charge in [0.25, 0.3) is 0 Å². The number of pyridine rings is 1. The van der Waals surface area contributed by atoms with Crippen LogP contribution in [0.4, 0.5) is 16.2 Å². The Morgan fingerprint density at radius 2 is 1.84 bits per heavy atom. The first kappa shape index (κ1) is 25.4. The molecule has 196 valence electrons. The lowest BCUT2D eigenvalue weighted by atomic mass is 9.86. The van der Waals surface area contributed by atoms with Crippen LogP contribution < -0.4 is 15.4 Å². The summed E-state index contributed by atoms with van der Waals surface area (Å²) in [6.07, 6.45) is 5.56. The van der Waals surface area contributed by atoms with E-state index in [2.05, 4.69) is 20.6 Å². The average molecular weight is 545 g/mol. The Bertz CT molecular complexity index is 1360. The van der Waals surface area contributed by atoms with Crippen LogP contribution in [0.1, 0.15) is 36.6 Å². The molecule has 0 spiro atoms. The molecule has 2 fully saturated rings. The minimum atomic E-state index is -3.63. The van der Waals surface area contributed by atoms with Gasteiger partial charge in [0.2, 0.25) is 5.88 Å². The number of rotatable bonds is 8. The summed E-state index contributed by atoms with van der Waals surface area (Å²) in [7, 11) is -2.08. The molecule has 5 rings (SSSR count). The van der Waals surface area contributed by atoms with E-state index in [-0.39, 0.29) is 30.1 Å². The summed E-state index contributed by atoms with van der Waals surface area (Å²) < 4.78 is 37.3. The van der Waals surface area contributed by atoms with Crippen LogP contribution in [0.3, 0.4) is 0 Å². The number of hydrogen-bond donors (Lipinski definition) is 3. The first-order valence-electron chi connectivity index (χ1n) is 12.0. The van der Waals surface area contributed by atoms with E-state index in [0.717, 1.165) is 35.6 Å². The topological polar surface area (TPSA) is 140 Å². The fourth-order valence-corrected chi connectivity index (χ4v) is 7.49. The quantitative estimate of drug-likeness (QED) is 0.376. The third kappa shape index (κ3) is 5.55. The van der Waals surface area contributed by atoms with Gasteiger partial charge < -0.3 is 25.2 Å². The van der Waals surface area contributed by atoms with Crippen molar-refractivity contribution in [2.45, 2.75) is 47.8 Å². The van der Waals surface area contributed by atoms with Gasteiger partial charge in [0.05, 0.1) is 47.0 Å². The predicted octanol–water partition coefficient (Wildman–Crippen LogP) is 4.42. The number of amides is 1. The fourth-order valence-electron chi connectivity index (χ4n) is 4.61. The van der Waals surface area contributed by atoms with Crippen molar-refractivity contribution in [2.75, 3.05) is 25.6 Å². The number of nitrogens with zero attached hydrogens (tertiary/aromatic N) is 2. The molecule has 0 atom stereocenters. The van der Waals surface area contributed by atoms with Crippen LogP contribution in [-0.2, 0) is 14.6 Å². The van der Waals surface area contributed by atoms with Gasteiger partial charge in [-0.05, 0) is 43.9 Å². The molecular formula is C25H28N4O6S2. The second-order valence-electron chi connectivity index (χ2n) is 9.19. The lowest BCUT2D eigenvalue weighted by Crippen LogP contribution is -2.40. The molecule has 37 heavy (non-hydrogen) atoms. The highest BCUT2D eigenvalue weighted by atomic mass is 32.2. The molecule has 1 aromatic carbocycles. The van der Waals surface area contributed by atoms with Crippen molar-refractivity contribution in [2.24, 2.45) is 0 Å². The molecule has 1 amide bonds. The zero-order valence-corrected chi connectivity index (χ0v) is 21.8. The molecule has 1 aliphatic heterocycles. The van der Waals surface area contributed by atoms with Crippen molar-refractivity contribution in [3.63, 3.8) is 0 Å². The normalized spacial score (nSPS) is 20.1. The Balaban J connectivity index is 1.41. The smallest absolute Gasteiger partial charge is 0.404 e. The van der Waals surface area contributed by atoms with Crippen molar-refractivity contribution in [1.29, 1.82) is 0 Å². The van der Waals surface area contributed by atoms with Crippen molar-refractivity contribution in [1.82, 2.24) is 15.3 Å². The van der Waals surface area contributed by atoms with Crippen LogP contribution >= 0.6 is 11.3 Å². The second kappa shape index (κ2) is 10.6. The molecule has 3 aromatic rings. The number of carboxylic acid groups (broad SMARTS) is 1. The van der Waals surface area contributed by atoms with Gasteiger partial charge in [0.15, 0.2) is 9.84 Å². The zero-order valence-electron chi connectivity index (χ0n) is 20.2. The van der Waals surface area contributed by atoms with Gasteiger partial charge in [0, 0.05) is 35.5 Å². The number of methoxy groups -OCH3 is 1. The van der Waals surface area contributed by atoms with Crippen LogP contribution in [0.15, 0.2) is 47.6 Å². The number of thiazole rings is 1. The molecule has 1 aliphatic carbocycles. The van der Waals surface area contributed by atoms with Gasteiger partial charge >= 0.3 is 6.09 Å². The van der Waals surface area contributed by atoms with Crippen LogP contribution in [0.25, 0.3) is 10.4 Å². The third-order valence-corrected chi connectivity index (χ3v) is 10.1. The van der Waals surface area contributed by atoms with Gasteiger partial charge in [0.1, 0.15) is 5.25 Å². The number of carbonyl (C=O) groups is 1. The highest BCUT2D eigenvalue weighted by Crippen LogP contribution is 2.41. The minimum Gasteiger partial charge on any atom is -0.481 e. The van der Waals surface area contributed by atoms with Crippen molar-refractivity contribution in [3.05, 3.63) is 47.7 Å². The van der Waals surface area contributed by atoms with Crippen LogP contribution in [0, 0.1) is 0 Å². The van der Waals surface area contributed by atoms with Crippen LogP contribution in [-0.4, -0.2) is 61.2 Å². The molecule has 1 saturated heterocycles. The zero-order chi connectivity index (χ0) is 26.0. The van der Waals surface area contributed by atoms with Gasteiger partial charge in [-0.15, -0.1) is 11.3 Å². The van der Waals surface area contributed by atoms with E-state index in [4.69, 9.17) is 14.6 Å². The maximum absolute atomic E-state index is 13.5. The predicted molar refractivity (Wildman–Crippen MR) is 140 cm³/mol. The highest BCUT2D eigenvalue weighted by molar-refractivity contribution is 7.92. The standard InChI is InChI=1S/C25H28N4O6S2/c1-34-23-9-7-18(11-26-23)28-17-6-8-20(22(10-17)37(32,33)19-13-35-14-19)21-12-27-24(36-21)15-2-4-16(5-3-15)29-25(30)31/h6-12,15-16,19,28-29H,2-5,13-14H2,1H3,(H,30,31). The summed E-state index contributed by atoms with van der Waals surface area (Å²) in [6, 6.07) is 8.83. The van der Waals surface area contributed by atoms with Crippen LogP contribution in [0.5, 0.6) is 5.88 Å². The maximum Gasteiger partial charge on any atom is 0.404 e. The molecule has 3 heterocycles. The minimum absolute atomic E-state index is 0.0319. The van der Waals surface area contributed by atoms with Gasteiger partial charge in [-0.2, -0.15) is 0 Å². The Morgan fingerprint density at radius 1 is 1.08 bits per heavy atom. The SMILES string of the molecule is COc1ccc(Nc2ccc(-c3cnc(C4CCC(NC(=O)O)CC4)s3)c(S(=O)(=O)C3COC3)c2)cn1. The molecule has 0 bridgehead atoms. The number of benzene rings is 1. The summed E-state index contributed by atoms with van der Waals surface area (Å²) in [5, 5.41) is 15.1. The van der Waals surface area contributed by atoms with E-state index in [1.165, 1.54) is 11.3 Å². The van der Waals surface area contributed by atoms with Gasteiger partial charge in [-0.25, -0.2) is 23.2 Å². The van der Waals surface area contributed by atoms with E-state index >= 15 is 0 Å². The Hall–Kier alpha value is -3.22. The molecule has 0 unspecified atom stereocenters. The summed E-state index contributed by atoms with van der Waals surface area (Å²) in [5.41, 5.74) is 1.95. The fraction of sp³-hybridized carbons (Fsp3) is 0.400. The molecule has 10 nitrogen and oxygen atoms in total. The molecular weight excluding hydrogens is 516 g/mol. The first-order chi connectivity index (χ1) is 17.8. The van der Waals surface area contributed by atoms with E-state index in [1.54, 1.807) is 31.6 Å². The molecule has 1 saturated carbocycles. The second-order valence-corrected chi connectivity index (χ2v) is 12.4. The number of hydrogen-bond acceptors (Lipinski definition) is 9. The maximum atomic E-state index is 13.5.